The normalized spacial score (nSPS) is 22.1. The average molecular weight is 438 g/mol. The molecular weight excluding hydrogens is 410 g/mol. The standard InChI is InChI=1S/C23H27N5O2S/c31-23-25-21(19-6-1-2-8-24-19)22(28(23)11-10-26-12-15-29-16-13-26)20-7-3-9-27(20)17-18-5-4-14-30-18/h1-9,14,21-22H,10-13,15-17H2,(H,25,31)/t21-,22+/m0/s1. The van der Waals surface area contributed by atoms with Gasteiger partial charge in [0.1, 0.15) is 5.76 Å². The molecule has 0 aromatic carbocycles. The van der Waals surface area contributed by atoms with Crippen LogP contribution in [0.1, 0.15) is 29.2 Å². The first-order valence-electron chi connectivity index (χ1n) is 10.8. The predicted octanol–water partition coefficient (Wildman–Crippen LogP) is 2.83. The van der Waals surface area contributed by atoms with Crippen LogP contribution in [0.25, 0.3) is 0 Å². The quantitative estimate of drug-likeness (QED) is 0.571. The molecule has 0 amide bonds. The number of morpholine rings is 1. The molecular formula is C23H27N5O2S. The van der Waals surface area contributed by atoms with E-state index < -0.39 is 0 Å². The van der Waals surface area contributed by atoms with Crippen molar-refractivity contribution in [2.75, 3.05) is 39.4 Å². The third kappa shape index (κ3) is 4.37. The largest absolute Gasteiger partial charge is 0.467 e. The maximum absolute atomic E-state index is 5.81. The molecule has 5 rings (SSSR count). The highest BCUT2D eigenvalue weighted by Gasteiger charge is 2.41. The van der Waals surface area contributed by atoms with E-state index in [4.69, 9.17) is 21.4 Å². The lowest BCUT2D eigenvalue weighted by Crippen LogP contribution is -2.42. The van der Waals surface area contributed by atoms with Crippen LogP contribution in [0.15, 0.2) is 65.5 Å². The fourth-order valence-corrected chi connectivity index (χ4v) is 4.78. The Bertz CT molecular complexity index is 985. The molecule has 2 atom stereocenters. The number of hydrogen-bond acceptors (Lipinski definition) is 5. The molecule has 31 heavy (non-hydrogen) atoms. The summed E-state index contributed by atoms with van der Waals surface area (Å²) in [5.41, 5.74) is 2.19. The third-order valence-corrected chi connectivity index (χ3v) is 6.38. The summed E-state index contributed by atoms with van der Waals surface area (Å²) in [7, 11) is 0. The Hall–Kier alpha value is -2.68. The molecule has 2 saturated heterocycles. The molecule has 1 N–H and O–H groups in total. The predicted molar refractivity (Wildman–Crippen MR) is 122 cm³/mol. The summed E-state index contributed by atoms with van der Waals surface area (Å²) in [6.07, 6.45) is 5.67. The van der Waals surface area contributed by atoms with Crippen molar-refractivity contribution >= 4 is 17.3 Å². The second-order valence-electron chi connectivity index (χ2n) is 7.91. The lowest BCUT2D eigenvalue weighted by molar-refractivity contribution is 0.0349. The Labute approximate surface area is 187 Å². The van der Waals surface area contributed by atoms with Crippen LogP contribution in [-0.4, -0.2) is 63.9 Å². The lowest BCUT2D eigenvalue weighted by Gasteiger charge is -2.32. The molecule has 2 aliphatic heterocycles. The van der Waals surface area contributed by atoms with Crippen molar-refractivity contribution in [3.8, 4) is 0 Å². The van der Waals surface area contributed by atoms with Gasteiger partial charge in [0.15, 0.2) is 5.11 Å². The number of furan rings is 1. The summed E-state index contributed by atoms with van der Waals surface area (Å²) >= 11 is 5.81. The van der Waals surface area contributed by atoms with E-state index in [1.165, 1.54) is 5.69 Å². The first-order chi connectivity index (χ1) is 15.3. The third-order valence-electron chi connectivity index (χ3n) is 6.03. The van der Waals surface area contributed by atoms with Gasteiger partial charge in [-0.2, -0.15) is 0 Å². The van der Waals surface area contributed by atoms with E-state index in [-0.39, 0.29) is 12.1 Å². The first kappa shape index (κ1) is 20.2. The zero-order valence-electron chi connectivity index (χ0n) is 17.4. The van der Waals surface area contributed by atoms with Gasteiger partial charge in [-0.15, -0.1) is 0 Å². The molecule has 162 valence electrons. The number of hydrogen-bond donors (Lipinski definition) is 1. The summed E-state index contributed by atoms with van der Waals surface area (Å²) in [4.78, 5) is 9.40. The van der Waals surface area contributed by atoms with Crippen molar-refractivity contribution in [1.82, 2.24) is 24.7 Å². The smallest absolute Gasteiger partial charge is 0.170 e. The van der Waals surface area contributed by atoms with Gasteiger partial charge >= 0.3 is 0 Å². The molecule has 0 spiro atoms. The SMILES string of the molecule is S=C1N[C@@H](c2ccccn2)[C@@H](c2cccn2Cc2ccco2)N1CCN1CCOCC1. The minimum Gasteiger partial charge on any atom is -0.467 e. The minimum absolute atomic E-state index is 0.0105. The van der Waals surface area contributed by atoms with Gasteiger partial charge < -0.3 is 23.9 Å². The van der Waals surface area contributed by atoms with Crippen LogP contribution in [-0.2, 0) is 11.3 Å². The van der Waals surface area contributed by atoms with Crippen LogP contribution < -0.4 is 5.32 Å². The number of ether oxygens (including phenoxy) is 1. The van der Waals surface area contributed by atoms with Crippen LogP contribution >= 0.6 is 12.2 Å². The molecule has 0 unspecified atom stereocenters. The molecule has 7 nitrogen and oxygen atoms in total. The monoisotopic (exact) mass is 437 g/mol. The highest BCUT2D eigenvalue weighted by atomic mass is 32.1. The number of thiocarbonyl (C=S) groups is 1. The molecule has 8 heteroatoms. The van der Waals surface area contributed by atoms with Gasteiger partial charge in [0, 0.05) is 44.3 Å². The van der Waals surface area contributed by atoms with E-state index >= 15 is 0 Å². The average Bonchev–Trinajstić information content (AvgIpc) is 3.55. The van der Waals surface area contributed by atoms with Crippen LogP contribution in [0.2, 0.25) is 0 Å². The van der Waals surface area contributed by atoms with Gasteiger partial charge in [-0.1, -0.05) is 6.07 Å². The van der Waals surface area contributed by atoms with Crippen LogP contribution in [0.4, 0.5) is 0 Å². The Morgan fingerprint density at radius 1 is 1.06 bits per heavy atom. The van der Waals surface area contributed by atoms with Crippen molar-refractivity contribution in [3.05, 3.63) is 78.3 Å². The van der Waals surface area contributed by atoms with Gasteiger partial charge in [0.25, 0.3) is 0 Å². The van der Waals surface area contributed by atoms with E-state index in [1.807, 2.05) is 30.5 Å². The van der Waals surface area contributed by atoms with Crippen LogP contribution in [0.5, 0.6) is 0 Å². The second kappa shape index (κ2) is 9.21. The van der Waals surface area contributed by atoms with E-state index in [9.17, 15) is 0 Å². The van der Waals surface area contributed by atoms with Crippen molar-refractivity contribution in [2.24, 2.45) is 0 Å². The maximum Gasteiger partial charge on any atom is 0.170 e. The first-order valence-corrected chi connectivity index (χ1v) is 11.2. The van der Waals surface area contributed by atoms with E-state index in [0.29, 0.717) is 6.54 Å². The van der Waals surface area contributed by atoms with Gasteiger partial charge in [-0.25, -0.2) is 0 Å². The molecule has 0 saturated carbocycles. The van der Waals surface area contributed by atoms with Crippen molar-refractivity contribution in [3.63, 3.8) is 0 Å². The lowest BCUT2D eigenvalue weighted by atomic mass is 10.0. The Morgan fingerprint density at radius 3 is 2.74 bits per heavy atom. The zero-order chi connectivity index (χ0) is 21.0. The fourth-order valence-electron chi connectivity index (χ4n) is 4.45. The highest BCUT2D eigenvalue weighted by molar-refractivity contribution is 7.80. The summed E-state index contributed by atoms with van der Waals surface area (Å²) in [5, 5.41) is 4.32. The topological polar surface area (TPSA) is 58.7 Å². The van der Waals surface area contributed by atoms with Gasteiger partial charge in [0.05, 0.1) is 43.8 Å². The van der Waals surface area contributed by atoms with E-state index in [0.717, 1.165) is 56.0 Å². The fraction of sp³-hybridized carbons (Fsp3) is 0.391. The van der Waals surface area contributed by atoms with E-state index in [1.54, 1.807) is 6.26 Å². The Morgan fingerprint density at radius 2 is 1.97 bits per heavy atom. The molecule has 5 heterocycles. The van der Waals surface area contributed by atoms with Crippen molar-refractivity contribution in [1.29, 1.82) is 0 Å². The number of nitrogens with one attached hydrogen (secondary N) is 1. The summed E-state index contributed by atoms with van der Waals surface area (Å²) in [6.45, 7) is 6.03. The summed E-state index contributed by atoms with van der Waals surface area (Å²) in [5.74, 6) is 0.931. The molecule has 2 fully saturated rings. The molecule has 3 aromatic rings. The van der Waals surface area contributed by atoms with Crippen LogP contribution in [0.3, 0.4) is 0 Å². The molecule has 3 aromatic heterocycles. The summed E-state index contributed by atoms with van der Waals surface area (Å²) < 4.78 is 13.4. The molecule has 0 radical (unpaired) electrons. The number of nitrogens with zero attached hydrogens (tertiary/aromatic N) is 4. The number of pyridine rings is 1. The van der Waals surface area contributed by atoms with Gasteiger partial charge in [0.2, 0.25) is 0 Å². The Balaban J connectivity index is 1.44. The summed E-state index contributed by atoms with van der Waals surface area (Å²) in [6, 6.07) is 14.3. The molecule has 2 aliphatic rings. The maximum atomic E-state index is 5.81. The van der Waals surface area contributed by atoms with Gasteiger partial charge in [-0.3, -0.25) is 9.88 Å². The van der Waals surface area contributed by atoms with Crippen molar-refractivity contribution in [2.45, 2.75) is 18.6 Å². The zero-order valence-corrected chi connectivity index (χ0v) is 18.2. The van der Waals surface area contributed by atoms with Gasteiger partial charge in [-0.05, 0) is 48.6 Å². The number of rotatable bonds is 7. The molecule has 0 aliphatic carbocycles. The highest BCUT2D eigenvalue weighted by Crippen LogP contribution is 2.38. The van der Waals surface area contributed by atoms with E-state index in [2.05, 4.69) is 49.1 Å². The minimum atomic E-state index is -0.0105. The van der Waals surface area contributed by atoms with Crippen LogP contribution in [0, 0.1) is 0 Å². The second-order valence-corrected chi connectivity index (χ2v) is 8.30. The molecule has 0 bridgehead atoms. The number of aromatic nitrogens is 2. The van der Waals surface area contributed by atoms with Crippen molar-refractivity contribution < 1.29 is 9.15 Å². The Kier molecular flexibility index (Phi) is 6.01.